The maximum atomic E-state index is 13.2. The molecule has 1 aliphatic carbocycles. The average Bonchev–Trinajstić information content (AvgIpc) is 3.41. The Morgan fingerprint density at radius 3 is 2.39 bits per heavy atom. The molecule has 3 rings (SSSR count). The van der Waals surface area contributed by atoms with Gasteiger partial charge in [0, 0.05) is 13.5 Å². The zero-order chi connectivity index (χ0) is 21.1. The number of alkyl halides is 3. The van der Waals surface area contributed by atoms with Gasteiger partial charge in [-0.3, -0.25) is 14.5 Å². The van der Waals surface area contributed by atoms with Crippen LogP contribution in [0.4, 0.5) is 13.2 Å². The highest BCUT2D eigenvalue weighted by Gasteiger charge is 2.67. The zero-order valence-electron chi connectivity index (χ0n) is 16.4. The summed E-state index contributed by atoms with van der Waals surface area (Å²) >= 11 is 0. The van der Waals surface area contributed by atoms with E-state index in [1.807, 2.05) is 0 Å². The van der Waals surface area contributed by atoms with Crippen LogP contribution in [-0.2, 0) is 21.5 Å². The van der Waals surface area contributed by atoms with Crippen LogP contribution >= 0.6 is 0 Å². The molecule has 2 aliphatic rings. The average molecular weight is 395 g/mol. The van der Waals surface area contributed by atoms with Gasteiger partial charge in [-0.05, 0) is 44.7 Å². The van der Waals surface area contributed by atoms with Crippen molar-refractivity contribution in [2.24, 2.45) is 21.6 Å². The number of ketones is 1. The summed E-state index contributed by atoms with van der Waals surface area (Å²) in [4.78, 5) is 30.9. The molecular formula is C20H24F3N3O2. The maximum absolute atomic E-state index is 13.2. The van der Waals surface area contributed by atoms with E-state index in [2.05, 4.69) is 4.99 Å². The molecule has 0 radical (unpaired) electrons. The van der Waals surface area contributed by atoms with Crippen LogP contribution in [0.15, 0.2) is 29.3 Å². The highest BCUT2D eigenvalue weighted by Crippen LogP contribution is 2.58. The van der Waals surface area contributed by atoms with E-state index in [-0.39, 0.29) is 31.1 Å². The van der Waals surface area contributed by atoms with E-state index in [4.69, 9.17) is 5.73 Å². The number of aliphatic imine (C=N–C) groups is 1. The summed E-state index contributed by atoms with van der Waals surface area (Å²) in [5, 5.41) is 0. The number of amides is 1. The van der Waals surface area contributed by atoms with E-state index in [1.165, 1.54) is 4.90 Å². The topological polar surface area (TPSA) is 75.8 Å². The van der Waals surface area contributed by atoms with Gasteiger partial charge in [-0.2, -0.15) is 13.2 Å². The summed E-state index contributed by atoms with van der Waals surface area (Å²) < 4.78 is 39.6. The van der Waals surface area contributed by atoms with Crippen LogP contribution in [-0.4, -0.2) is 35.8 Å². The molecule has 2 N–H and O–H groups in total. The molecule has 1 heterocycles. The number of hydrogen-bond donors (Lipinski definition) is 1. The largest absolute Gasteiger partial charge is 0.401 e. The standard InChI is InChI=1S/C20H24F3N3O2/c1-17(2)15(28)26(4)16(24)25-18(17,3)13-7-5-6-12(10-13)11-14(27)19(8-9-19)20(21,22)23/h5-7,10H,8-9,11H2,1-4H3,(H2,24,25)/t18-/m1/s1. The van der Waals surface area contributed by atoms with Crippen molar-refractivity contribution in [3.63, 3.8) is 0 Å². The predicted molar refractivity (Wildman–Crippen MR) is 98.4 cm³/mol. The van der Waals surface area contributed by atoms with Crippen molar-refractivity contribution in [1.29, 1.82) is 0 Å². The molecule has 0 spiro atoms. The molecule has 1 atom stereocenters. The molecule has 1 fully saturated rings. The van der Waals surface area contributed by atoms with Crippen LogP contribution in [0.3, 0.4) is 0 Å². The molecule has 1 amide bonds. The Kier molecular flexibility index (Phi) is 4.40. The zero-order valence-corrected chi connectivity index (χ0v) is 16.4. The first-order valence-corrected chi connectivity index (χ1v) is 9.09. The van der Waals surface area contributed by atoms with Gasteiger partial charge in [0.15, 0.2) is 11.7 Å². The first-order chi connectivity index (χ1) is 12.8. The van der Waals surface area contributed by atoms with Gasteiger partial charge in [-0.1, -0.05) is 24.3 Å². The van der Waals surface area contributed by atoms with Gasteiger partial charge in [0.25, 0.3) is 0 Å². The van der Waals surface area contributed by atoms with Crippen molar-refractivity contribution in [3.8, 4) is 0 Å². The summed E-state index contributed by atoms with van der Waals surface area (Å²) in [7, 11) is 1.55. The van der Waals surface area contributed by atoms with Crippen molar-refractivity contribution in [3.05, 3.63) is 35.4 Å². The molecule has 1 aromatic carbocycles. The number of guanidine groups is 1. The lowest BCUT2D eigenvalue weighted by molar-refractivity contribution is -0.190. The summed E-state index contributed by atoms with van der Waals surface area (Å²) in [6, 6.07) is 6.69. The third-order valence-electron chi connectivity index (χ3n) is 6.42. The third-order valence-corrected chi connectivity index (χ3v) is 6.42. The molecule has 5 nitrogen and oxygen atoms in total. The molecule has 1 aliphatic heterocycles. The number of nitrogens with zero attached hydrogens (tertiary/aromatic N) is 2. The number of Topliss-reactive ketones (excluding diaryl/α,β-unsaturated/α-hetero) is 1. The van der Waals surface area contributed by atoms with Gasteiger partial charge in [0.05, 0.1) is 5.41 Å². The van der Waals surface area contributed by atoms with Crippen molar-refractivity contribution in [2.75, 3.05) is 7.05 Å². The Labute approximate surface area is 161 Å². The molecule has 1 saturated carbocycles. The number of halogens is 3. The first-order valence-electron chi connectivity index (χ1n) is 9.09. The van der Waals surface area contributed by atoms with Crippen molar-refractivity contribution < 1.29 is 22.8 Å². The summed E-state index contributed by atoms with van der Waals surface area (Å²) in [5.74, 6) is -0.954. The molecule has 0 aromatic heterocycles. The van der Waals surface area contributed by atoms with Crippen LogP contribution in [0.1, 0.15) is 44.7 Å². The molecule has 152 valence electrons. The minimum Gasteiger partial charge on any atom is -0.369 e. The molecule has 8 heteroatoms. The molecule has 0 saturated heterocycles. The lowest BCUT2D eigenvalue weighted by Gasteiger charge is -2.46. The summed E-state index contributed by atoms with van der Waals surface area (Å²) in [6.07, 6.45) is -5.13. The molecular weight excluding hydrogens is 371 g/mol. The minimum atomic E-state index is -4.52. The second-order valence-electron chi connectivity index (χ2n) is 8.41. The second-order valence-corrected chi connectivity index (χ2v) is 8.41. The van der Waals surface area contributed by atoms with Crippen molar-refractivity contribution >= 4 is 17.6 Å². The highest BCUT2D eigenvalue weighted by molar-refractivity contribution is 6.01. The Bertz CT molecular complexity index is 872. The first kappa shape index (κ1) is 20.4. The summed E-state index contributed by atoms with van der Waals surface area (Å²) in [6.45, 7) is 5.27. The maximum Gasteiger partial charge on any atom is 0.401 e. The smallest absolute Gasteiger partial charge is 0.369 e. The van der Waals surface area contributed by atoms with Crippen LogP contribution in [0.2, 0.25) is 0 Å². The molecule has 0 unspecified atom stereocenters. The van der Waals surface area contributed by atoms with Gasteiger partial charge < -0.3 is 5.73 Å². The quantitative estimate of drug-likeness (QED) is 0.851. The highest BCUT2D eigenvalue weighted by atomic mass is 19.4. The second kappa shape index (κ2) is 6.06. The number of carbonyl (C=O) groups is 2. The van der Waals surface area contributed by atoms with E-state index in [0.29, 0.717) is 11.1 Å². The van der Waals surface area contributed by atoms with Gasteiger partial charge in [-0.25, -0.2) is 4.99 Å². The Balaban J connectivity index is 1.96. The van der Waals surface area contributed by atoms with E-state index in [0.717, 1.165) is 0 Å². The van der Waals surface area contributed by atoms with Gasteiger partial charge in [-0.15, -0.1) is 0 Å². The normalized spacial score (nSPS) is 26.0. The van der Waals surface area contributed by atoms with E-state index in [1.54, 1.807) is 52.1 Å². The number of carbonyl (C=O) groups excluding carboxylic acids is 2. The Morgan fingerprint density at radius 1 is 1.25 bits per heavy atom. The SMILES string of the molecule is CN1C(=O)C(C)(C)[C@@](C)(c2cccc(CC(=O)C3(C(F)(F)F)CC3)c2)N=C1N. The lowest BCUT2D eigenvalue weighted by Crippen LogP contribution is -2.58. The Morgan fingerprint density at radius 2 is 1.86 bits per heavy atom. The number of rotatable bonds is 4. The van der Waals surface area contributed by atoms with E-state index in [9.17, 15) is 22.8 Å². The third kappa shape index (κ3) is 2.81. The van der Waals surface area contributed by atoms with Gasteiger partial charge in [0.2, 0.25) is 5.91 Å². The van der Waals surface area contributed by atoms with Crippen LogP contribution < -0.4 is 5.73 Å². The predicted octanol–water partition coefficient (Wildman–Crippen LogP) is 3.17. The molecule has 1 aromatic rings. The monoisotopic (exact) mass is 395 g/mol. The van der Waals surface area contributed by atoms with Crippen LogP contribution in [0, 0.1) is 10.8 Å². The fourth-order valence-corrected chi connectivity index (χ4v) is 3.78. The van der Waals surface area contributed by atoms with Gasteiger partial charge in [0.1, 0.15) is 11.0 Å². The van der Waals surface area contributed by atoms with Gasteiger partial charge >= 0.3 is 6.18 Å². The van der Waals surface area contributed by atoms with Crippen LogP contribution in [0.25, 0.3) is 0 Å². The minimum absolute atomic E-state index is 0.0716. The van der Waals surface area contributed by atoms with Crippen LogP contribution in [0.5, 0.6) is 0 Å². The number of nitrogens with two attached hydrogens (primary N) is 1. The molecule has 0 bridgehead atoms. The fraction of sp³-hybridized carbons (Fsp3) is 0.550. The number of hydrogen-bond acceptors (Lipinski definition) is 4. The molecule has 28 heavy (non-hydrogen) atoms. The Hall–Kier alpha value is -2.38. The van der Waals surface area contributed by atoms with Crippen molar-refractivity contribution in [2.45, 2.75) is 51.7 Å². The fourth-order valence-electron chi connectivity index (χ4n) is 3.78. The van der Waals surface area contributed by atoms with E-state index < -0.39 is 28.3 Å². The van der Waals surface area contributed by atoms with Crippen molar-refractivity contribution in [1.82, 2.24) is 4.90 Å². The number of benzene rings is 1. The lowest BCUT2D eigenvalue weighted by atomic mass is 9.67. The van der Waals surface area contributed by atoms with E-state index >= 15 is 0 Å². The summed E-state index contributed by atoms with van der Waals surface area (Å²) in [5.41, 5.74) is 2.86.